The molecule has 0 amide bonds. The van der Waals surface area contributed by atoms with Crippen LogP contribution in [0.5, 0.6) is 0 Å². The molecule has 5 nitrogen and oxygen atoms in total. The van der Waals surface area contributed by atoms with Crippen molar-refractivity contribution in [3.05, 3.63) is 34.9 Å². The van der Waals surface area contributed by atoms with E-state index in [0.717, 1.165) is 18.6 Å². The summed E-state index contributed by atoms with van der Waals surface area (Å²) in [6, 6.07) is 10.6. The Hall–Kier alpha value is -1.70. The third kappa shape index (κ3) is 21.1. The van der Waals surface area contributed by atoms with E-state index in [9.17, 15) is 10.5 Å². The Labute approximate surface area is 260 Å². The first-order valence-electron chi connectivity index (χ1n) is 17.5. The number of unbranched alkanes of at least 4 members (excludes halogenated alkanes) is 16. The second-order valence-corrected chi connectivity index (χ2v) is 17.9. The molecule has 0 aliphatic heterocycles. The number of hydrogen-bond donors (Lipinski definition) is 0. The van der Waals surface area contributed by atoms with Crippen LogP contribution < -0.4 is 0 Å². The zero-order chi connectivity index (χ0) is 30.7. The van der Waals surface area contributed by atoms with Gasteiger partial charge in [-0.15, -0.1) is 0 Å². The van der Waals surface area contributed by atoms with Crippen molar-refractivity contribution in [2.75, 3.05) is 19.8 Å². The van der Waals surface area contributed by atoms with Gasteiger partial charge in [0.1, 0.15) is 0 Å². The summed E-state index contributed by atoms with van der Waals surface area (Å²) >= 11 is 0. The van der Waals surface area contributed by atoms with Crippen molar-refractivity contribution < 1.29 is 13.9 Å². The number of hydrogen-bond acceptors (Lipinski definition) is 5. The van der Waals surface area contributed by atoms with Crippen molar-refractivity contribution in [2.45, 2.75) is 161 Å². The summed E-state index contributed by atoms with van der Waals surface area (Å²) in [5.74, 6) is 0. The number of benzene rings is 1. The summed E-state index contributed by atoms with van der Waals surface area (Å²) in [4.78, 5) is 0. The predicted octanol–water partition coefficient (Wildman–Crippen LogP) is 10.3. The number of ether oxygens (including phenoxy) is 2. The molecule has 0 fully saturated rings. The molecule has 6 heteroatoms. The summed E-state index contributed by atoms with van der Waals surface area (Å²) in [6.07, 6.45) is 24.1. The van der Waals surface area contributed by atoms with Crippen LogP contribution in [0.2, 0.25) is 19.1 Å². The molecule has 0 heterocycles. The molecule has 0 saturated heterocycles. The second-order valence-electron chi connectivity index (χ2n) is 13.0. The first-order valence-corrected chi connectivity index (χ1v) is 21.0. The fourth-order valence-corrected chi connectivity index (χ4v) is 7.67. The molecular weight excluding hydrogens is 536 g/mol. The number of nitrogens with zero attached hydrogens (tertiary/aromatic N) is 2. The average Bonchev–Trinajstić information content (AvgIpc) is 3.00. The molecule has 0 aliphatic rings. The molecule has 0 bridgehead atoms. The average molecular weight is 600 g/mol. The van der Waals surface area contributed by atoms with Gasteiger partial charge in [-0.3, -0.25) is 0 Å². The van der Waals surface area contributed by atoms with Crippen LogP contribution in [0.25, 0.3) is 0 Å². The van der Waals surface area contributed by atoms with Gasteiger partial charge in [-0.1, -0.05) is 71.1 Å². The van der Waals surface area contributed by atoms with Gasteiger partial charge in [0.2, 0.25) is 0 Å². The van der Waals surface area contributed by atoms with Gasteiger partial charge < -0.3 is 0 Å². The molecule has 0 unspecified atom stereocenters. The second kappa shape index (κ2) is 25.8. The quantitative estimate of drug-likeness (QED) is 0.0707. The monoisotopic (exact) mass is 599 g/mol. The molecular formula is C36H63N2O3Si-. The molecule has 0 spiro atoms. The molecule has 0 radical (unpaired) electrons. The Morgan fingerprint density at radius 2 is 1.12 bits per heavy atom. The van der Waals surface area contributed by atoms with E-state index in [1.54, 1.807) is 18.2 Å². The van der Waals surface area contributed by atoms with E-state index >= 15 is 0 Å². The first-order chi connectivity index (χ1) is 20.4. The predicted molar refractivity (Wildman–Crippen MR) is 179 cm³/mol. The third-order valence-corrected chi connectivity index (χ3v) is 11.1. The molecule has 0 saturated carbocycles. The Balaban J connectivity index is 2.24. The Bertz CT molecular complexity index is 845. The molecule has 1 atom stereocenters. The molecule has 0 aromatic heterocycles. The topological polar surface area (TPSA) is 75.3 Å². The molecule has 0 aliphatic carbocycles. The SMILES string of the molecule is CCCCCCCCCCCCCCCCCCOC[C@H](CO[SiH-](C)(C)CCCC)OCc1cc(C#N)cc(C#N)c1. The first kappa shape index (κ1) is 38.3. The van der Waals surface area contributed by atoms with Crippen molar-refractivity contribution in [1.29, 1.82) is 10.5 Å². The molecule has 240 valence electrons. The van der Waals surface area contributed by atoms with Crippen LogP contribution in [0.15, 0.2) is 18.2 Å². The van der Waals surface area contributed by atoms with Crippen LogP contribution in [0.1, 0.15) is 146 Å². The molecule has 1 aromatic carbocycles. The summed E-state index contributed by atoms with van der Waals surface area (Å²) in [5.41, 5.74) is 1.79. The molecule has 0 N–H and O–H groups in total. The van der Waals surface area contributed by atoms with Gasteiger partial charge in [-0.25, -0.2) is 0 Å². The summed E-state index contributed by atoms with van der Waals surface area (Å²) < 4.78 is 18.7. The van der Waals surface area contributed by atoms with Gasteiger partial charge in [0.15, 0.2) is 0 Å². The van der Waals surface area contributed by atoms with Crippen molar-refractivity contribution in [3.63, 3.8) is 0 Å². The Morgan fingerprint density at radius 3 is 1.60 bits per heavy atom. The van der Waals surface area contributed by atoms with Crippen LogP contribution in [0.4, 0.5) is 0 Å². The Kier molecular flexibility index (Phi) is 23.5. The minimum atomic E-state index is -2.05. The zero-order valence-electron chi connectivity index (χ0n) is 27.8. The minimum absolute atomic E-state index is 0.164. The zero-order valence-corrected chi connectivity index (χ0v) is 28.9. The van der Waals surface area contributed by atoms with Crippen LogP contribution in [-0.4, -0.2) is 34.2 Å². The van der Waals surface area contributed by atoms with E-state index < -0.39 is 8.32 Å². The van der Waals surface area contributed by atoms with Gasteiger partial charge >= 0.3 is 190 Å². The van der Waals surface area contributed by atoms with E-state index in [1.165, 1.54) is 115 Å². The van der Waals surface area contributed by atoms with Gasteiger partial charge in [-0.2, -0.15) is 0 Å². The van der Waals surface area contributed by atoms with Crippen LogP contribution in [0, 0.1) is 22.7 Å². The van der Waals surface area contributed by atoms with Crippen LogP contribution >= 0.6 is 0 Å². The van der Waals surface area contributed by atoms with Gasteiger partial charge in [0, 0.05) is 0 Å². The van der Waals surface area contributed by atoms with Gasteiger partial charge in [0.25, 0.3) is 0 Å². The number of nitriles is 2. The third-order valence-electron chi connectivity index (χ3n) is 8.17. The van der Waals surface area contributed by atoms with Crippen molar-refractivity contribution in [2.24, 2.45) is 0 Å². The molecule has 1 rings (SSSR count). The van der Waals surface area contributed by atoms with Crippen molar-refractivity contribution in [1.82, 2.24) is 0 Å². The van der Waals surface area contributed by atoms with E-state index in [-0.39, 0.29) is 6.10 Å². The fraction of sp³-hybridized carbons (Fsp3) is 0.778. The van der Waals surface area contributed by atoms with E-state index in [0.29, 0.717) is 30.9 Å². The molecule has 1 aromatic rings. The van der Waals surface area contributed by atoms with Crippen molar-refractivity contribution >= 4 is 8.32 Å². The van der Waals surface area contributed by atoms with Crippen LogP contribution in [0.3, 0.4) is 0 Å². The van der Waals surface area contributed by atoms with Gasteiger partial charge in [-0.05, 0) is 0 Å². The Morgan fingerprint density at radius 1 is 0.643 bits per heavy atom. The summed E-state index contributed by atoms with van der Waals surface area (Å²) in [5, 5.41) is 18.6. The van der Waals surface area contributed by atoms with Crippen LogP contribution in [-0.2, 0) is 20.5 Å². The normalized spacial score (nSPS) is 12.6. The summed E-state index contributed by atoms with van der Waals surface area (Å²) in [6.45, 7) is 11.2. The van der Waals surface area contributed by atoms with E-state index in [4.69, 9.17) is 13.9 Å². The van der Waals surface area contributed by atoms with E-state index in [1.807, 2.05) is 0 Å². The van der Waals surface area contributed by atoms with E-state index in [2.05, 4.69) is 39.1 Å². The fourth-order valence-electron chi connectivity index (χ4n) is 5.38. The maximum atomic E-state index is 9.29. The standard InChI is InChI=1S/C36H63N2O3Si/c1-5-7-9-10-11-12-13-14-15-16-17-18-19-20-21-22-23-39-31-36(32-41-42(3,4)24-8-6-2)40-30-35-26-33(28-37)25-34(27-35)29-38/h25-27,36,42H,5-24,30-32H2,1-4H3/q-1/t36-/m1/s1. The van der Waals surface area contributed by atoms with Crippen molar-refractivity contribution in [3.8, 4) is 12.1 Å². The van der Waals surface area contributed by atoms with Gasteiger partial charge in [0.05, 0.1) is 0 Å². The molecule has 42 heavy (non-hydrogen) atoms. The maximum absolute atomic E-state index is 9.29. The summed E-state index contributed by atoms with van der Waals surface area (Å²) in [7, 11) is -2.05. The number of rotatable bonds is 28.